The van der Waals surface area contributed by atoms with Crippen LogP contribution in [-0.2, 0) is 11.8 Å². The lowest BCUT2D eigenvalue weighted by Crippen LogP contribution is -2.53. The molecule has 1 aliphatic heterocycles. The molecule has 3 atom stereocenters. The predicted octanol–water partition coefficient (Wildman–Crippen LogP) is 4.16. The maximum absolute atomic E-state index is 11.7. The first kappa shape index (κ1) is 27.0. The van der Waals surface area contributed by atoms with Gasteiger partial charge in [-0.15, -0.1) is 0 Å². The van der Waals surface area contributed by atoms with Crippen molar-refractivity contribution in [1.29, 1.82) is 0 Å². The molecule has 1 fully saturated rings. The molecule has 0 saturated carbocycles. The SMILES string of the molecule is Cc1ncn(C)c1C(O)C1=Cc2cccnc2C(N2CCN(C(O)OC(C)(C)C)CC2)c2ccc(Cl)cc21. The number of hydrogen-bond donors (Lipinski definition) is 2. The van der Waals surface area contributed by atoms with Gasteiger partial charge in [-0.3, -0.25) is 14.8 Å². The Hall–Kier alpha value is -2.59. The maximum Gasteiger partial charge on any atom is 0.216 e. The van der Waals surface area contributed by atoms with Gasteiger partial charge in [-0.2, -0.15) is 0 Å². The Morgan fingerprint density at radius 3 is 2.47 bits per heavy atom. The Bertz CT molecular complexity index is 1320. The fourth-order valence-electron chi connectivity index (χ4n) is 5.49. The van der Waals surface area contributed by atoms with Crippen molar-refractivity contribution < 1.29 is 14.9 Å². The maximum atomic E-state index is 11.7. The summed E-state index contributed by atoms with van der Waals surface area (Å²) >= 11 is 6.53. The van der Waals surface area contributed by atoms with E-state index in [-0.39, 0.29) is 6.04 Å². The average Bonchev–Trinajstić information content (AvgIpc) is 3.13. The van der Waals surface area contributed by atoms with Gasteiger partial charge in [-0.25, -0.2) is 4.98 Å². The molecule has 2 N–H and O–H groups in total. The molecule has 2 aliphatic rings. The first-order valence-electron chi connectivity index (χ1n) is 13.0. The minimum Gasteiger partial charge on any atom is -0.382 e. The Morgan fingerprint density at radius 1 is 1.08 bits per heavy atom. The number of piperazine rings is 1. The Morgan fingerprint density at radius 2 is 1.82 bits per heavy atom. The lowest BCUT2D eigenvalue weighted by atomic mass is 9.90. The van der Waals surface area contributed by atoms with E-state index in [1.807, 2.05) is 86.8 Å². The molecule has 5 rings (SSSR count). The first-order valence-corrected chi connectivity index (χ1v) is 13.4. The zero-order valence-corrected chi connectivity index (χ0v) is 23.4. The molecule has 1 saturated heterocycles. The van der Waals surface area contributed by atoms with Crippen LogP contribution < -0.4 is 0 Å². The number of imidazole rings is 1. The number of nitrogens with zero attached hydrogens (tertiary/aromatic N) is 5. The molecule has 38 heavy (non-hydrogen) atoms. The standard InChI is InChI=1S/C29H36ClN5O3/c1-18-25(33(5)17-32-18)27(36)23-15-19-7-6-10-31-24(19)26(21-9-8-20(30)16-22(21)23)34-11-13-35(14-12-34)28(37)38-29(2,3)4/h6-10,15-17,26-28,36-37H,11-14H2,1-5H3. The van der Waals surface area contributed by atoms with Crippen molar-refractivity contribution in [2.75, 3.05) is 26.2 Å². The van der Waals surface area contributed by atoms with Crippen molar-refractivity contribution in [2.24, 2.45) is 7.05 Å². The number of aliphatic hydroxyl groups is 2. The summed E-state index contributed by atoms with van der Waals surface area (Å²) in [5.74, 6) is 0. The number of ether oxygens (including phenoxy) is 1. The molecule has 9 heteroatoms. The van der Waals surface area contributed by atoms with Gasteiger partial charge in [0, 0.05) is 44.4 Å². The van der Waals surface area contributed by atoms with Crippen LogP contribution in [0.25, 0.3) is 11.6 Å². The van der Waals surface area contributed by atoms with Gasteiger partial charge in [0.15, 0.2) is 0 Å². The van der Waals surface area contributed by atoms with Gasteiger partial charge in [0.2, 0.25) is 6.41 Å². The summed E-state index contributed by atoms with van der Waals surface area (Å²) in [6.07, 6.45) is 3.73. The quantitative estimate of drug-likeness (QED) is 0.472. The van der Waals surface area contributed by atoms with E-state index in [4.69, 9.17) is 21.3 Å². The number of pyridine rings is 1. The van der Waals surface area contributed by atoms with Crippen LogP contribution >= 0.6 is 11.6 Å². The summed E-state index contributed by atoms with van der Waals surface area (Å²) in [4.78, 5) is 13.6. The summed E-state index contributed by atoms with van der Waals surface area (Å²) in [5.41, 5.74) is 5.67. The number of aryl methyl sites for hydroxylation is 2. The highest BCUT2D eigenvalue weighted by Gasteiger charge is 2.36. The van der Waals surface area contributed by atoms with Crippen molar-refractivity contribution in [2.45, 2.75) is 51.9 Å². The van der Waals surface area contributed by atoms with Crippen LogP contribution in [0.3, 0.4) is 0 Å². The molecular weight excluding hydrogens is 502 g/mol. The van der Waals surface area contributed by atoms with Crippen LogP contribution in [0.4, 0.5) is 0 Å². The summed E-state index contributed by atoms with van der Waals surface area (Å²) in [6, 6.07) is 9.71. The van der Waals surface area contributed by atoms with Crippen LogP contribution in [0.5, 0.6) is 0 Å². The largest absolute Gasteiger partial charge is 0.382 e. The molecule has 0 amide bonds. The number of rotatable bonds is 5. The third-order valence-electron chi connectivity index (χ3n) is 7.28. The van der Waals surface area contributed by atoms with Crippen LogP contribution in [-0.4, -0.2) is 72.7 Å². The zero-order valence-electron chi connectivity index (χ0n) is 22.6. The molecule has 1 aromatic carbocycles. The molecular formula is C29H36ClN5O3. The minimum absolute atomic E-state index is 0.144. The number of aliphatic hydroxyl groups excluding tert-OH is 2. The number of benzene rings is 1. The molecule has 8 nitrogen and oxygen atoms in total. The molecule has 0 bridgehead atoms. The zero-order chi connectivity index (χ0) is 27.2. The van der Waals surface area contributed by atoms with Gasteiger partial charge in [-0.1, -0.05) is 23.7 Å². The highest BCUT2D eigenvalue weighted by molar-refractivity contribution is 6.30. The lowest BCUT2D eigenvalue weighted by Gasteiger charge is -2.42. The third-order valence-corrected chi connectivity index (χ3v) is 7.51. The van der Waals surface area contributed by atoms with Crippen LogP contribution in [0.15, 0.2) is 42.9 Å². The molecule has 3 unspecified atom stereocenters. The van der Waals surface area contributed by atoms with E-state index in [9.17, 15) is 10.2 Å². The van der Waals surface area contributed by atoms with Gasteiger partial charge >= 0.3 is 0 Å². The summed E-state index contributed by atoms with van der Waals surface area (Å²) in [5, 5.41) is 23.0. The molecule has 202 valence electrons. The van der Waals surface area contributed by atoms with Gasteiger partial charge in [0.25, 0.3) is 0 Å². The van der Waals surface area contributed by atoms with Gasteiger partial charge < -0.3 is 19.5 Å². The fourth-order valence-corrected chi connectivity index (χ4v) is 5.66. The summed E-state index contributed by atoms with van der Waals surface area (Å²) in [7, 11) is 1.89. The Kier molecular flexibility index (Phi) is 7.48. The van der Waals surface area contributed by atoms with E-state index in [2.05, 4.69) is 9.88 Å². The number of halogens is 1. The van der Waals surface area contributed by atoms with E-state index in [1.54, 1.807) is 6.33 Å². The van der Waals surface area contributed by atoms with Crippen molar-refractivity contribution in [3.8, 4) is 0 Å². The first-order chi connectivity index (χ1) is 18.0. The second-order valence-electron chi connectivity index (χ2n) is 11.1. The van der Waals surface area contributed by atoms with E-state index in [1.165, 1.54) is 0 Å². The van der Waals surface area contributed by atoms with Crippen LogP contribution in [0.1, 0.15) is 66.7 Å². The highest BCUT2D eigenvalue weighted by Crippen LogP contribution is 2.44. The van der Waals surface area contributed by atoms with Crippen LogP contribution in [0.2, 0.25) is 5.02 Å². The predicted molar refractivity (Wildman–Crippen MR) is 148 cm³/mol. The third kappa shape index (κ3) is 5.30. The molecule has 3 aromatic rings. The van der Waals surface area contributed by atoms with E-state index >= 15 is 0 Å². The van der Waals surface area contributed by atoms with Crippen molar-refractivity contribution >= 4 is 23.3 Å². The summed E-state index contributed by atoms with van der Waals surface area (Å²) in [6.45, 7) is 10.5. The smallest absolute Gasteiger partial charge is 0.216 e. The van der Waals surface area contributed by atoms with Gasteiger partial charge in [0.1, 0.15) is 6.10 Å². The summed E-state index contributed by atoms with van der Waals surface area (Å²) < 4.78 is 7.65. The normalized spacial score (nSPS) is 20.3. The lowest BCUT2D eigenvalue weighted by molar-refractivity contribution is -0.244. The Balaban J connectivity index is 1.54. The molecule has 0 radical (unpaired) electrons. The molecule has 1 aliphatic carbocycles. The van der Waals surface area contributed by atoms with Gasteiger partial charge in [-0.05, 0) is 74.2 Å². The van der Waals surface area contributed by atoms with Crippen molar-refractivity contribution in [3.05, 3.63) is 81.7 Å². The second-order valence-corrected chi connectivity index (χ2v) is 11.5. The molecule has 2 aromatic heterocycles. The second kappa shape index (κ2) is 10.5. The van der Waals surface area contributed by atoms with Crippen molar-refractivity contribution in [1.82, 2.24) is 24.3 Å². The number of hydrogen-bond acceptors (Lipinski definition) is 7. The molecule has 0 spiro atoms. The monoisotopic (exact) mass is 537 g/mol. The topological polar surface area (TPSA) is 86.9 Å². The van der Waals surface area contributed by atoms with E-state index in [0.717, 1.165) is 39.3 Å². The highest BCUT2D eigenvalue weighted by atomic mass is 35.5. The van der Waals surface area contributed by atoms with Crippen LogP contribution in [0, 0.1) is 6.92 Å². The fraction of sp³-hybridized carbons (Fsp3) is 0.448. The van der Waals surface area contributed by atoms with E-state index in [0.29, 0.717) is 31.2 Å². The Labute approximate surface area is 229 Å². The number of fused-ring (bicyclic) bond motifs is 2. The van der Waals surface area contributed by atoms with Crippen molar-refractivity contribution in [3.63, 3.8) is 0 Å². The molecule has 3 heterocycles. The van der Waals surface area contributed by atoms with Gasteiger partial charge in [0.05, 0.1) is 35.1 Å². The van der Waals surface area contributed by atoms with E-state index < -0.39 is 18.1 Å². The number of aromatic nitrogens is 3. The average molecular weight is 538 g/mol. The minimum atomic E-state index is -0.951.